The Labute approximate surface area is 74.9 Å². The van der Waals surface area contributed by atoms with Gasteiger partial charge in [-0.05, 0) is 31.6 Å². The van der Waals surface area contributed by atoms with Gasteiger partial charge in [0.2, 0.25) is 5.91 Å². The van der Waals surface area contributed by atoms with E-state index in [1.807, 2.05) is 11.9 Å². The van der Waals surface area contributed by atoms with E-state index in [0.29, 0.717) is 6.04 Å². The molecule has 1 fully saturated rings. The lowest BCUT2D eigenvalue weighted by Gasteiger charge is -2.32. The fourth-order valence-electron chi connectivity index (χ4n) is 1.89. The van der Waals surface area contributed by atoms with Gasteiger partial charge in [-0.2, -0.15) is 0 Å². The third-order valence-electron chi connectivity index (χ3n) is 3.03. The topological polar surface area (TPSA) is 20.3 Å². The van der Waals surface area contributed by atoms with Crippen LogP contribution in [0.25, 0.3) is 0 Å². The molecule has 0 aliphatic heterocycles. The summed E-state index contributed by atoms with van der Waals surface area (Å²) in [5, 5.41) is 0. The fraction of sp³-hybridized carbons (Fsp3) is 0.900. The zero-order valence-electron chi connectivity index (χ0n) is 8.34. The molecule has 0 unspecified atom stereocenters. The van der Waals surface area contributed by atoms with Crippen molar-refractivity contribution in [3.8, 4) is 0 Å². The first-order chi connectivity index (χ1) is 5.61. The monoisotopic (exact) mass is 169 g/mol. The first-order valence-corrected chi connectivity index (χ1v) is 4.84. The van der Waals surface area contributed by atoms with Crippen LogP contribution < -0.4 is 0 Å². The van der Waals surface area contributed by atoms with Gasteiger partial charge < -0.3 is 4.90 Å². The van der Waals surface area contributed by atoms with Crippen LogP contribution in [0, 0.1) is 5.92 Å². The standard InChI is InChI=1S/C10H19NO/c1-8-4-6-10(7-5-8)11(3)9(2)12/h8,10H,4-7H2,1-3H3/t8-,10+. The Hall–Kier alpha value is -0.530. The van der Waals surface area contributed by atoms with E-state index < -0.39 is 0 Å². The van der Waals surface area contributed by atoms with Crippen LogP contribution >= 0.6 is 0 Å². The molecule has 1 rings (SSSR count). The Morgan fingerprint density at radius 1 is 1.25 bits per heavy atom. The van der Waals surface area contributed by atoms with E-state index in [1.165, 1.54) is 25.7 Å². The normalized spacial score (nSPS) is 29.9. The Morgan fingerprint density at radius 2 is 1.75 bits per heavy atom. The molecule has 0 spiro atoms. The minimum Gasteiger partial charge on any atom is -0.343 e. The molecule has 0 atom stereocenters. The minimum absolute atomic E-state index is 0.203. The summed E-state index contributed by atoms with van der Waals surface area (Å²) in [4.78, 5) is 12.9. The maximum Gasteiger partial charge on any atom is 0.219 e. The van der Waals surface area contributed by atoms with Gasteiger partial charge in [0.25, 0.3) is 0 Å². The van der Waals surface area contributed by atoms with Crippen LogP contribution in [0.15, 0.2) is 0 Å². The molecule has 0 bridgehead atoms. The van der Waals surface area contributed by atoms with Gasteiger partial charge >= 0.3 is 0 Å². The van der Waals surface area contributed by atoms with E-state index in [2.05, 4.69) is 6.92 Å². The lowest BCUT2D eigenvalue weighted by molar-refractivity contribution is -0.130. The van der Waals surface area contributed by atoms with Gasteiger partial charge in [-0.15, -0.1) is 0 Å². The van der Waals surface area contributed by atoms with Crippen LogP contribution in [-0.4, -0.2) is 23.9 Å². The van der Waals surface area contributed by atoms with Gasteiger partial charge in [-0.25, -0.2) is 0 Å². The molecule has 0 saturated heterocycles. The number of carbonyl (C=O) groups is 1. The van der Waals surface area contributed by atoms with E-state index in [0.717, 1.165) is 5.92 Å². The Balaban J connectivity index is 2.39. The highest BCUT2D eigenvalue weighted by Gasteiger charge is 2.22. The lowest BCUT2D eigenvalue weighted by Crippen LogP contribution is -2.37. The van der Waals surface area contributed by atoms with Gasteiger partial charge in [0, 0.05) is 20.0 Å². The summed E-state index contributed by atoms with van der Waals surface area (Å²) in [6, 6.07) is 0.513. The summed E-state index contributed by atoms with van der Waals surface area (Å²) in [5.74, 6) is 1.07. The number of hydrogen-bond acceptors (Lipinski definition) is 1. The largest absolute Gasteiger partial charge is 0.343 e. The highest BCUT2D eigenvalue weighted by atomic mass is 16.2. The van der Waals surface area contributed by atoms with Crippen molar-refractivity contribution >= 4 is 5.91 Å². The molecule has 0 heterocycles. The summed E-state index contributed by atoms with van der Waals surface area (Å²) < 4.78 is 0. The van der Waals surface area contributed by atoms with E-state index in [4.69, 9.17) is 0 Å². The molecule has 1 aliphatic carbocycles. The average molecular weight is 169 g/mol. The van der Waals surface area contributed by atoms with Crippen LogP contribution in [0.4, 0.5) is 0 Å². The quantitative estimate of drug-likeness (QED) is 0.588. The van der Waals surface area contributed by atoms with Crippen LogP contribution in [0.5, 0.6) is 0 Å². The summed E-state index contributed by atoms with van der Waals surface area (Å²) in [6.07, 6.45) is 4.94. The van der Waals surface area contributed by atoms with Gasteiger partial charge in [-0.3, -0.25) is 4.79 Å². The van der Waals surface area contributed by atoms with Gasteiger partial charge in [0.15, 0.2) is 0 Å². The number of nitrogens with zero attached hydrogens (tertiary/aromatic N) is 1. The summed E-state index contributed by atoms with van der Waals surface area (Å²) in [5.41, 5.74) is 0. The summed E-state index contributed by atoms with van der Waals surface area (Å²) in [6.45, 7) is 3.95. The lowest BCUT2D eigenvalue weighted by atomic mass is 9.87. The van der Waals surface area contributed by atoms with E-state index in [9.17, 15) is 4.79 Å². The summed E-state index contributed by atoms with van der Waals surface area (Å²) in [7, 11) is 1.92. The molecule has 1 aliphatic rings. The van der Waals surface area contributed by atoms with Crippen molar-refractivity contribution in [1.82, 2.24) is 4.90 Å². The summed E-state index contributed by atoms with van der Waals surface area (Å²) >= 11 is 0. The second-order valence-corrected chi connectivity index (χ2v) is 4.04. The molecule has 1 amide bonds. The number of rotatable bonds is 1. The predicted octanol–water partition coefficient (Wildman–Crippen LogP) is 2.04. The molecular weight excluding hydrogens is 150 g/mol. The van der Waals surface area contributed by atoms with Gasteiger partial charge in [-0.1, -0.05) is 6.92 Å². The molecule has 12 heavy (non-hydrogen) atoms. The second kappa shape index (κ2) is 3.92. The second-order valence-electron chi connectivity index (χ2n) is 4.04. The molecular formula is C10H19NO. The molecule has 0 radical (unpaired) electrons. The van der Waals surface area contributed by atoms with Crippen molar-refractivity contribution in [2.45, 2.75) is 45.6 Å². The predicted molar refractivity (Wildman–Crippen MR) is 49.9 cm³/mol. The first-order valence-electron chi connectivity index (χ1n) is 4.84. The molecule has 70 valence electrons. The molecule has 0 aromatic rings. The van der Waals surface area contributed by atoms with Gasteiger partial charge in [0.1, 0.15) is 0 Å². The third kappa shape index (κ3) is 2.23. The fourth-order valence-corrected chi connectivity index (χ4v) is 1.89. The van der Waals surface area contributed by atoms with Crippen molar-refractivity contribution in [2.24, 2.45) is 5.92 Å². The Morgan fingerprint density at radius 3 is 2.17 bits per heavy atom. The van der Waals surface area contributed by atoms with Crippen LogP contribution in [0.2, 0.25) is 0 Å². The highest BCUT2D eigenvalue weighted by Crippen LogP contribution is 2.26. The molecule has 0 aromatic heterocycles. The van der Waals surface area contributed by atoms with Crippen molar-refractivity contribution in [1.29, 1.82) is 0 Å². The molecule has 2 nitrogen and oxygen atoms in total. The zero-order chi connectivity index (χ0) is 9.14. The van der Waals surface area contributed by atoms with Crippen LogP contribution in [0.3, 0.4) is 0 Å². The average Bonchev–Trinajstić information content (AvgIpc) is 2.04. The van der Waals surface area contributed by atoms with Crippen molar-refractivity contribution < 1.29 is 4.79 Å². The SMILES string of the molecule is CC(=O)N(C)[C@H]1CC[C@@H](C)CC1. The van der Waals surface area contributed by atoms with Crippen LogP contribution in [0.1, 0.15) is 39.5 Å². The highest BCUT2D eigenvalue weighted by molar-refractivity contribution is 5.73. The molecule has 0 N–H and O–H groups in total. The van der Waals surface area contributed by atoms with Crippen molar-refractivity contribution in [3.05, 3.63) is 0 Å². The Kier molecular flexibility index (Phi) is 3.12. The zero-order valence-corrected chi connectivity index (χ0v) is 8.34. The van der Waals surface area contributed by atoms with Gasteiger partial charge in [0.05, 0.1) is 0 Å². The van der Waals surface area contributed by atoms with E-state index in [1.54, 1.807) is 6.92 Å². The minimum atomic E-state index is 0.203. The van der Waals surface area contributed by atoms with Crippen molar-refractivity contribution in [3.63, 3.8) is 0 Å². The third-order valence-corrected chi connectivity index (χ3v) is 3.03. The first kappa shape index (κ1) is 9.56. The number of amides is 1. The Bertz CT molecular complexity index is 159. The van der Waals surface area contributed by atoms with E-state index >= 15 is 0 Å². The molecule has 2 heteroatoms. The number of carbonyl (C=O) groups excluding carboxylic acids is 1. The smallest absolute Gasteiger partial charge is 0.219 e. The number of hydrogen-bond donors (Lipinski definition) is 0. The van der Waals surface area contributed by atoms with Crippen molar-refractivity contribution in [2.75, 3.05) is 7.05 Å². The maximum atomic E-state index is 11.1. The maximum absolute atomic E-state index is 11.1. The molecule has 1 saturated carbocycles. The molecule has 0 aromatic carbocycles. The van der Waals surface area contributed by atoms with Crippen LogP contribution in [-0.2, 0) is 4.79 Å². The van der Waals surface area contributed by atoms with E-state index in [-0.39, 0.29) is 5.91 Å².